The molecule has 0 spiro atoms. The average molecular weight is 285 g/mol. The maximum atomic E-state index is 12.1. The molecule has 0 amide bonds. The Labute approximate surface area is 123 Å². The van der Waals surface area contributed by atoms with E-state index in [4.69, 9.17) is 4.74 Å². The Hall–Kier alpha value is -2.27. The molecule has 21 heavy (non-hydrogen) atoms. The molecule has 0 atom stereocenters. The zero-order valence-electron chi connectivity index (χ0n) is 12.1. The Balaban J connectivity index is 1.85. The second kappa shape index (κ2) is 6.01. The van der Waals surface area contributed by atoms with E-state index in [1.165, 1.54) is 11.8 Å². The highest BCUT2D eigenvalue weighted by Gasteiger charge is 2.10. The van der Waals surface area contributed by atoms with Crippen molar-refractivity contribution >= 4 is 5.69 Å². The van der Waals surface area contributed by atoms with Crippen molar-refractivity contribution in [2.45, 2.75) is 0 Å². The Morgan fingerprint density at radius 1 is 1.05 bits per heavy atom. The van der Waals surface area contributed by atoms with Crippen LogP contribution in [0.3, 0.4) is 0 Å². The first kappa shape index (κ1) is 13.7. The number of hydrogen-bond acceptors (Lipinski definition) is 4. The molecule has 5 heteroatoms. The quantitative estimate of drug-likeness (QED) is 0.922. The molecule has 1 saturated heterocycles. The van der Waals surface area contributed by atoms with E-state index < -0.39 is 0 Å². The van der Waals surface area contributed by atoms with Crippen molar-refractivity contribution in [3.8, 4) is 11.4 Å². The first-order valence-electron chi connectivity index (χ1n) is 7.11. The lowest BCUT2D eigenvalue weighted by Crippen LogP contribution is -2.43. The number of pyridine rings is 1. The summed E-state index contributed by atoms with van der Waals surface area (Å²) in [7, 11) is 1.56. The molecule has 2 heterocycles. The smallest absolute Gasteiger partial charge is 0.258 e. The molecule has 0 bridgehead atoms. The highest BCUT2D eigenvalue weighted by molar-refractivity contribution is 5.51. The average Bonchev–Trinajstić information content (AvgIpc) is 2.56. The van der Waals surface area contributed by atoms with Gasteiger partial charge in [0.05, 0.1) is 7.11 Å². The topological polar surface area (TPSA) is 46.5 Å². The van der Waals surface area contributed by atoms with Gasteiger partial charge in [0.2, 0.25) is 0 Å². The van der Waals surface area contributed by atoms with Crippen molar-refractivity contribution in [3.63, 3.8) is 0 Å². The van der Waals surface area contributed by atoms with Gasteiger partial charge in [-0.15, -0.1) is 0 Å². The molecule has 3 rings (SSSR count). The fourth-order valence-corrected chi connectivity index (χ4v) is 2.55. The summed E-state index contributed by atoms with van der Waals surface area (Å²) in [6.45, 7) is 4.06. The Morgan fingerprint density at radius 3 is 2.33 bits per heavy atom. The van der Waals surface area contributed by atoms with Crippen LogP contribution in [0.4, 0.5) is 5.69 Å². The highest BCUT2D eigenvalue weighted by atomic mass is 16.5. The summed E-state index contributed by atoms with van der Waals surface area (Å²) in [6, 6.07) is 11.4. The van der Waals surface area contributed by atoms with Crippen molar-refractivity contribution in [1.29, 1.82) is 0 Å². The minimum absolute atomic E-state index is 0.0933. The molecule has 5 nitrogen and oxygen atoms in total. The van der Waals surface area contributed by atoms with E-state index in [2.05, 4.69) is 22.3 Å². The number of hydrogen-bond donors (Lipinski definition) is 1. The SMILES string of the molecule is COc1ccn(-c2ccc(N3CCNCC3)cc2)c(=O)c1. The summed E-state index contributed by atoms with van der Waals surface area (Å²) in [6.07, 6.45) is 1.74. The number of rotatable bonds is 3. The van der Waals surface area contributed by atoms with Gasteiger partial charge in [-0.3, -0.25) is 9.36 Å². The largest absolute Gasteiger partial charge is 0.497 e. The van der Waals surface area contributed by atoms with Gasteiger partial charge in [0.25, 0.3) is 5.56 Å². The molecule has 1 N–H and O–H groups in total. The van der Waals surface area contributed by atoms with E-state index in [9.17, 15) is 4.79 Å². The number of piperazine rings is 1. The van der Waals surface area contributed by atoms with Crippen LogP contribution in [0.1, 0.15) is 0 Å². The molecule has 2 aromatic rings. The van der Waals surface area contributed by atoms with Crippen LogP contribution in [0.5, 0.6) is 5.75 Å². The van der Waals surface area contributed by atoms with Crippen LogP contribution < -0.4 is 20.5 Å². The second-order valence-corrected chi connectivity index (χ2v) is 5.03. The van der Waals surface area contributed by atoms with Gasteiger partial charge in [-0.25, -0.2) is 0 Å². The number of nitrogens with one attached hydrogen (secondary N) is 1. The van der Waals surface area contributed by atoms with Crippen LogP contribution >= 0.6 is 0 Å². The summed E-state index contributed by atoms with van der Waals surface area (Å²) >= 11 is 0. The van der Waals surface area contributed by atoms with Crippen molar-refractivity contribution in [1.82, 2.24) is 9.88 Å². The molecular formula is C16H19N3O2. The molecule has 0 saturated carbocycles. The van der Waals surface area contributed by atoms with E-state index in [1.807, 2.05) is 12.1 Å². The summed E-state index contributed by atoms with van der Waals surface area (Å²) in [4.78, 5) is 14.4. The molecule has 1 aromatic carbocycles. The third-order valence-electron chi connectivity index (χ3n) is 3.74. The maximum absolute atomic E-state index is 12.1. The molecule has 1 aromatic heterocycles. The summed E-state index contributed by atoms with van der Waals surface area (Å²) < 4.78 is 6.67. The Bertz CT molecular complexity index is 658. The number of ether oxygens (including phenoxy) is 1. The van der Waals surface area contributed by atoms with Crippen molar-refractivity contribution in [2.24, 2.45) is 0 Å². The van der Waals surface area contributed by atoms with E-state index in [1.54, 1.807) is 23.9 Å². The van der Waals surface area contributed by atoms with Crippen LogP contribution in [0.25, 0.3) is 5.69 Å². The van der Waals surface area contributed by atoms with Gasteiger partial charge in [0.1, 0.15) is 5.75 Å². The molecule has 0 unspecified atom stereocenters. The van der Waals surface area contributed by atoms with Crippen LogP contribution in [0.15, 0.2) is 47.4 Å². The zero-order chi connectivity index (χ0) is 14.7. The van der Waals surface area contributed by atoms with Crippen molar-refractivity contribution in [2.75, 3.05) is 38.2 Å². The molecule has 1 fully saturated rings. The minimum Gasteiger partial charge on any atom is -0.497 e. The van der Waals surface area contributed by atoms with Gasteiger partial charge in [0, 0.05) is 49.8 Å². The van der Waals surface area contributed by atoms with Crippen LogP contribution in [-0.4, -0.2) is 37.9 Å². The Morgan fingerprint density at radius 2 is 1.71 bits per heavy atom. The predicted octanol–water partition coefficient (Wildman–Crippen LogP) is 1.26. The molecule has 0 aliphatic carbocycles. The van der Waals surface area contributed by atoms with E-state index in [0.717, 1.165) is 31.9 Å². The molecule has 1 aliphatic heterocycles. The minimum atomic E-state index is -0.0933. The van der Waals surface area contributed by atoms with E-state index in [0.29, 0.717) is 5.75 Å². The van der Waals surface area contributed by atoms with Gasteiger partial charge < -0.3 is 15.0 Å². The highest BCUT2D eigenvalue weighted by Crippen LogP contribution is 2.17. The Kier molecular flexibility index (Phi) is 3.92. The number of nitrogens with zero attached hydrogens (tertiary/aromatic N) is 2. The van der Waals surface area contributed by atoms with Crippen LogP contribution in [0, 0.1) is 0 Å². The number of benzene rings is 1. The van der Waals surface area contributed by atoms with Crippen molar-refractivity contribution in [3.05, 3.63) is 52.9 Å². The van der Waals surface area contributed by atoms with Gasteiger partial charge in [-0.1, -0.05) is 0 Å². The molecule has 110 valence electrons. The number of anilines is 1. The summed E-state index contributed by atoms with van der Waals surface area (Å²) in [5, 5.41) is 3.34. The van der Waals surface area contributed by atoms with Gasteiger partial charge >= 0.3 is 0 Å². The predicted molar refractivity (Wildman–Crippen MR) is 83.7 cm³/mol. The number of methoxy groups -OCH3 is 1. The normalized spacial score (nSPS) is 15.0. The van der Waals surface area contributed by atoms with Gasteiger partial charge in [-0.05, 0) is 30.3 Å². The second-order valence-electron chi connectivity index (χ2n) is 5.03. The molecular weight excluding hydrogens is 266 g/mol. The van der Waals surface area contributed by atoms with Gasteiger partial charge in [-0.2, -0.15) is 0 Å². The van der Waals surface area contributed by atoms with Crippen LogP contribution in [0.2, 0.25) is 0 Å². The monoisotopic (exact) mass is 285 g/mol. The lowest BCUT2D eigenvalue weighted by Gasteiger charge is -2.29. The van der Waals surface area contributed by atoms with Gasteiger partial charge in [0.15, 0.2) is 0 Å². The first-order chi connectivity index (χ1) is 10.3. The van der Waals surface area contributed by atoms with Crippen molar-refractivity contribution < 1.29 is 4.74 Å². The fraction of sp³-hybridized carbons (Fsp3) is 0.312. The molecule has 1 aliphatic rings. The maximum Gasteiger partial charge on any atom is 0.258 e. The standard InChI is InChI=1S/C16H19N3O2/c1-21-15-6-9-19(16(20)12-15)14-4-2-13(3-5-14)18-10-7-17-8-11-18/h2-6,9,12,17H,7-8,10-11H2,1H3. The molecule has 0 radical (unpaired) electrons. The van der Waals surface area contributed by atoms with E-state index in [-0.39, 0.29) is 5.56 Å². The third kappa shape index (κ3) is 2.92. The third-order valence-corrected chi connectivity index (χ3v) is 3.74. The van der Waals surface area contributed by atoms with E-state index >= 15 is 0 Å². The summed E-state index contributed by atoms with van der Waals surface area (Å²) in [5.41, 5.74) is 1.97. The van der Waals surface area contributed by atoms with Crippen LogP contribution in [-0.2, 0) is 0 Å². The zero-order valence-corrected chi connectivity index (χ0v) is 12.1. The first-order valence-corrected chi connectivity index (χ1v) is 7.11. The number of aromatic nitrogens is 1. The summed E-state index contributed by atoms with van der Waals surface area (Å²) in [5.74, 6) is 0.577. The fourth-order valence-electron chi connectivity index (χ4n) is 2.55. The lowest BCUT2D eigenvalue weighted by atomic mass is 10.2. The lowest BCUT2D eigenvalue weighted by molar-refractivity contribution is 0.413.